The van der Waals surface area contributed by atoms with Crippen molar-refractivity contribution < 1.29 is 23.2 Å². The summed E-state index contributed by atoms with van der Waals surface area (Å²) in [6, 6.07) is 6.63. The van der Waals surface area contributed by atoms with Gasteiger partial charge >= 0.3 is 12.4 Å². The number of alkyl halides is 2. The zero-order chi connectivity index (χ0) is 16.1. The topological polar surface area (TPSA) is 99.3 Å². The Morgan fingerprint density at radius 2 is 2.23 bits per heavy atom. The Hall–Kier alpha value is -3.04. The normalized spacial score (nSPS) is 10.5. The van der Waals surface area contributed by atoms with Crippen LogP contribution in [0.2, 0.25) is 0 Å². The average Bonchev–Trinajstić information content (AvgIpc) is 2.86. The molecule has 0 unspecified atom stereocenters. The van der Waals surface area contributed by atoms with Gasteiger partial charge in [-0.15, -0.1) is 0 Å². The quantitative estimate of drug-likeness (QED) is 0.650. The van der Waals surface area contributed by atoms with Crippen molar-refractivity contribution in [2.45, 2.75) is 13.2 Å². The molecule has 1 aromatic heterocycles. The number of nitrogens with one attached hydrogen (secondary N) is 1. The summed E-state index contributed by atoms with van der Waals surface area (Å²) in [5.74, 6) is -0.991. The number of amides is 1. The number of carbonyl (C=O) groups is 1. The second-order valence-electron chi connectivity index (χ2n) is 4.08. The molecule has 0 atom stereocenters. The van der Waals surface area contributed by atoms with E-state index in [1.807, 2.05) is 0 Å². The average molecular weight is 312 g/mol. The maximum Gasteiger partial charge on any atom is 0.389 e. The van der Waals surface area contributed by atoms with Crippen LogP contribution in [0.1, 0.15) is 0 Å². The zero-order valence-corrected chi connectivity index (χ0v) is 11.0. The van der Waals surface area contributed by atoms with E-state index in [1.165, 1.54) is 30.5 Å². The molecule has 0 aliphatic rings. The monoisotopic (exact) mass is 312 g/mol. The molecule has 0 saturated heterocycles. The third-order valence-electron chi connectivity index (χ3n) is 2.46. The fraction of sp³-hybridized carbons (Fsp3) is 0.167. The molecule has 0 aliphatic carbocycles. The molecule has 8 nitrogen and oxygen atoms in total. The van der Waals surface area contributed by atoms with Crippen molar-refractivity contribution in [1.29, 1.82) is 0 Å². The summed E-state index contributed by atoms with van der Waals surface area (Å²) in [7, 11) is 0. The van der Waals surface area contributed by atoms with Gasteiger partial charge < -0.3 is 20.2 Å². The summed E-state index contributed by atoms with van der Waals surface area (Å²) in [6.45, 7) is -3.22. The standard InChI is InChI=1S/C12H10F2N4O4/c13-12(14)22-9-3-1-2-8(6-9)15-11(19)7-17-5-4-10(16-17)18(20)21/h1-6,12H,7H2,(H,15,19). The third kappa shape index (κ3) is 4.23. The van der Waals surface area contributed by atoms with Crippen LogP contribution in [0.5, 0.6) is 5.75 Å². The number of nitrogens with zero attached hydrogens (tertiary/aromatic N) is 3. The number of nitro groups is 1. The van der Waals surface area contributed by atoms with Crippen LogP contribution >= 0.6 is 0 Å². The highest BCUT2D eigenvalue weighted by atomic mass is 19.3. The Morgan fingerprint density at radius 1 is 1.45 bits per heavy atom. The molecule has 116 valence electrons. The molecule has 1 heterocycles. The molecule has 1 aromatic carbocycles. The molecule has 0 saturated carbocycles. The van der Waals surface area contributed by atoms with Crippen molar-refractivity contribution in [1.82, 2.24) is 9.78 Å². The van der Waals surface area contributed by atoms with Gasteiger partial charge in [0, 0.05) is 11.8 Å². The zero-order valence-electron chi connectivity index (χ0n) is 11.0. The van der Waals surface area contributed by atoms with E-state index in [0.717, 1.165) is 10.7 Å². The van der Waals surface area contributed by atoms with Gasteiger partial charge in [-0.25, -0.2) is 0 Å². The molecule has 2 aromatic rings. The fourth-order valence-electron chi connectivity index (χ4n) is 1.63. The highest BCUT2D eigenvalue weighted by molar-refractivity contribution is 5.90. The molecular formula is C12H10F2N4O4. The lowest BCUT2D eigenvalue weighted by atomic mass is 10.3. The minimum atomic E-state index is -2.96. The number of halogens is 2. The fourth-order valence-corrected chi connectivity index (χ4v) is 1.63. The number of carbonyl (C=O) groups excluding carboxylic acids is 1. The van der Waals surface area contributed by atoms with Crippen molar-refractivity contribution in [3.63, 3.8) is 0 Å². The second kappa shape index (κ2) is 6.61. The molecule has 1 amide bonds. The van der Waals surface area contributed by atoms with Gasteiger partial charge in [-0.2, -0.15) is 13.5 Å². The van der Waals surface area contributed by atoms with Gasteiger partial charge in [-0.3, -0.25) is 4.79 Å². The van der Waals surface area contributed by atoms with Gasteiger partial charge in [0.1, 0.15) is 12.3 Å². The third-order valence-corrected chi connectivity index (χ3v) is 2.46. The maximum absolute atomic E-state index is 12.1. The van der Waals surface area contributed by atoms with E-state index in [9.17, 15) is 23.7 Å². The van der Waals surface area contributed by atoms with E-state index in [1.54, 1.807) is 0 Å². The van der Waals surface area contributed by atoms with E-state index in [2.05, 4.69) is 15.2 Å². The Labute approximate surface area is 122 Å². The number of hydrogen-bond acceptors (Lipinski definition) is 5. The van der Waals surface area contributed by atoms with E-state index in [4.69, 9.17) is 0 Å². The molecule has 0 fully saturated rings. The lowest BCUT2D eigenvalue weighted by Gasteiger charge is -2.07. The summed E-state index contributed by atoms with van der Waals surface area (Å²) < 4.78 is 29.5. The largest absolute Gasteiger partial charge is 0.435 e. The van der Waals surface area contributed by atoms with Gasteiger partial charge in [0.05, 0.1) is 17.4 Å². The summed E-state index contributed by atoms with van der Waals surface area (Å²) in [4.78, 5) is 21.6. The van der Waals surface area contributed by atoms with Crippen LogP contribution in [-0.4, -0.2) is 27.2 Å². The first-order valence-corrected chi connectivity index (χ1v) is 5.96. The van der Waals surface area contributed by atoms with E-state index in [-0.39, 0.29) is 23.8 Å². The molecular weight excluding hydrogens is 302 g/mol. The predicted octanol–water partition coefficient (Wildman–Crippen LogP) is 2.03. The number of benzene rings is 1. The summed E-state index contributed by atoms with van der Waals surface area (Å²) in [6.07, 6.45) is 1.29. The van der Waals surface area contributed by atoms with Crippen molar-refractivity contribution in [3.8, 4) is 5.75 Å². The molecule has 1 N–H and O–H groups in total. The van der Waals surface area contributed by atoms with Crippen LogP contribution in [-0.2, 0) is 11.3 Å². The lowest BCUT2D eigenvalue weighted by Crippen LogP contribution is -2.19. The van der Waals surface area contributed by atoms with Gasteiger partial charge in [-0.1, -0.05) is 6.07 Å². The van der Waals surface area contributed by atoms with Gasteiger partial charge in [-0.05, 0) is 17.1 Å². The molecule has 10 heteroatoms. The number of aromatic nitrogens is 2. The highest BCUT2D eigenvalue weighted by Gasteiger charge is 2.13. The molecule has 0 aliphatic heterocycles. The van der Waals surface area contributed by atoms with Crippen molar-refractivity contribution in [2.75, 3.05) is 5.32 Å². The number of ether oxygens (including phenoxy) is 1. The van der Waals surface area contributed by atoms with E-state index in [0.29, 0.717) is 0 Å². The van der Waals surface area contributed by atoms with Crippen LogP contribution in [0.15, 0.2) is 36.5 Å². The lowest BCUT2D eigenvalue weighted by molar-refractivity contribution is -0.389. The van der Waals surface area contributed by atoms with Crippen LogP contribution in [0.3, 0.4) is 0 Å². The van der Waals surface area contributed by atoms with Gasteiger partial charge in [0.2, 0.25) is 5.91 Å². The van der Waals surface area contributed by atoms with Gasteiger partial charge in [0.25, 0.3) is 0 Å². The predicted molar refractivity (Wildman–Crippen MR) is 70.6 cm³/mol. The first kappa shape index (κ1) is 15.4. The SMILES string of the molecule is O=C(Cn1ccc([N+](=O)[O-])n1)Nc1cccc(OC(F)F)c1. The van der Waals surface area contributed by atoms with Crippen LogP contribution in [0, 0.1) is 10.1 Å². The molecule has 2 rings (SSSR count). The molecule has 22 heavy (non-hydrogen) atoms. The maximum atomic E-state index is 12.1. The van der Waals surface area contributed by atoms with Gasteiger partial charge in [0.15, 0.2) is 0 Å². The summed E-state index contributed by atoms with van der Waals surface area (Å²) in [5, 5.41) is 16.5. The van der Waals surface area contributed by atoms with E-state index < -0.39 is 17.4 Å². The highest BCUT2D eigenvalue weighted by Crippen LogP contribution is 2.19. The van der Waals surface area contributed by atoms with Crippen LogP contribution < -0.4 is 10.1 Å². The molecule has 0 spiro atoms. The Kier molecular flexibility index (Phi) is 4.61. The Balaban J connectivity index is 1.97. The first-order chi connectivity index (χ1) is 10.4. The Morgan fingerprint density at radius 3 is 2.86 bits per heavy atom. The van der Waals surface area contributed by atoms with Crippen molar-refractivity contribution in [3.05, 3.63) is 46.6 Å². The van der Waals surface area contributed by atoms with Crippen LogP contribution in [0.25, 0.3) is 0 Å². The Bertz CT molecular complexity index is 689. The summed E-state index contributed by atoms with van der Waals surface area (Å²) >= 11 is 0. The van der Waals surface area contributed by atoms with Crippen molar-refractivity contribution >= 4 is 17.4 Å². The number of rotatable bonds is 6. The minimum absolute atomic E-state index is 0.0949. The minimum Gasteiger partial charge on any atom is -0.435 e. The molecule has 0 bridgehead atoms. The first-order valence-electron chi connectivity index (χ1n) is 5.96. The smallest absolute Gasteiger partial charge is 0.389 e. The number of anilines is 1. The molecule has 0 radical (unpaired) electrons. The second-order valence-corrected chi connectivity index (χ2v) is 4.08. The van der Waals surface area contributed by atoms with Crippen molar-refractivity contribution in [2.24, 2.45) is 0 Å². The van der Waals surface area contributed by atoms with Crippen LogP contribution in [0.4, 0.5) is 20.3 Å². The number of hydrogen-bond donors (Lipinski definition) is 1. The van der Waals surface area contributed by atoms with E-state index >= 15 is 0 Å². The summed E-state index contributed by atoms with van der Waals surface area (Å²) in [5.41, 5.74) is 0.254.